The van der Waals surface area contributed by atoms with Gasteiger partial charge in [-0.1, -0.05) is 0 Å². The van der Waals surface area contributed by atoms with E-state index in [4.69, 9.17) is 11.0 Å². The number of halogens is 4. The third-order valence-corrected chi connectivity index (χ3v) is 2.93. The lowest BCUT2D eigenvalue weighted by Gasteiger charge is -2.10. The number of aliphatic imine (C=N–C) groups is 1. The number of phenolic OH excluding ortho intramolecular Hbond substituents is 1. The summed E-state index contributed by atoms with van der Waals surface area (Å²) in [7, 11) is 0.980. The van der Waals surface area contributed by atoms with Crippen LogP contribution in [0.5, 0.6) is 5.75 Å². The summed E-state index contributed by atoms with van der Waals surface area (Å²) in [5.74, 6) is -0.352. The molecule has 1 aromatic carbocycles. The molecule has 1 rings (SSSR count). The van der Waals surface area contributed by atoms with Crippen molar-refractivity contribution in [2.75, 3.05) is 7.05 Å². The van der Waals surface area contributed by atoms with E-state index < -0.39 is 11.9 Å². The fraction of sp³-hybridized carbons (Fsp3) is 0.167. The second-order valence-electron chi connectivity index (χ2n) is 3.67. The molecule has 106 valence electrons. The summed E-state index contributed by atoms with van der Waals surface area (Å²) in [5.41, 5.74) is 4.08. The van der Waals surface area contributed by atoms with Crippen molar-refractivity contribution >= 4 is 27.3 Å². The largest absolute Gasteiger partial charge is 0.506 e. The molecule has 0 aromatic heterocycles. The molecule has 0 saturated heterocycles. The molecule has 0 fully saturated rings. The molecule has 0 aliphatic heterocycles. The first-order valence-corrected chi connectivity index (χ1v) is 5.94. The van der Waals surface area contributed by atoms with Crippen molar-refractivity contribution in [2.24, 2.45) is 10.7 Å². The van der Waals surface area contributed by atoms with Crippen LogP contribution in [0.3, 0.4) is 0 Å². The minimum atomic E-state index is -4.65. The van der Waals surface area contributed by atoms with Crippen LogP contribution >= 0.6 is 15.9 Å². The maximum atomic E-state index is 12.6. The van der Waals surface area contributed by atoms with Gasteiger partial charge < -0.3 is 10.8 Å². The van der Waals surface area contributed by atoms with Crippen LogP contribution in [0.25, 0.3) is 5.70 Å². The number of benzene rings is 1. The van der Waals surface area contributed by atoms with Crippen molar-refractivity contribution in [2.45, 2.75) is 6.18 Å². The molecule has 20 heavy (non-hydrogen) atoms. The Hall–Kier alpha value is -2.01. The van der Waals surface area contributed by atoms with Crippen LogP contribution in [0.1, 0.15) is 11.1 Å². The number of allylic oxidation sites excluding steroid dienone is 1. The first-order valence-electron chi connectivity index (χ1n) is 5.14. The van der Waals surface area contributed by atoms with E-state index in [1.54, 1.807) is 0 Å². The monoisotopic (exact) mass is 347 g/mol. The SMILES string of the molecule is CN=C(C=C(N)c1cc(C#N)cc(Br)c1O)C(F)(F)F. The zero-order valence-corrected chi connectivity index (χ0v) is 11.7. The Labute approximate surface area is 121 Å². The van der Waals surface area contributed by atoms with Gasteiger partial charge in [0.1, 0.15) is 11.5 Å². The van der Waals surface area contributed by atoms with Gasteiger partial charge >= 0.3 is 6.18 Å². The van der Waals surface area contributed by atoms with Gasteiger partial charge in [-0.3, -0.25) is 4.99 Å². The molecule has 4 nitrogen and oxygen atoms in total. The van der Waals surface area contributed by atoms with Crippen LogP contribution in [0.2, 0.25) is 0 Å². The van der Waals surface area contributed by atoms with Crippen molar-refractivity contribution in [3.63, 3.8) is 0 Å². The highest BCUT2D eigenvalue weighted by molar-refractivity contribution is 9.10. The summed E-state index contributed by atoms with van der Waals surface area (Å²) in [5, 5.41) is 18.6. The molecule has 0 radical (unpaired) electrons. The van der Waals surface area contributed by atoms with Crippen LogP contribution < -0.4 is 5.73 Å². The topological polar surface area (TPSA) is 82.4 Å². The Morgan fingerprint density at radius 2 is 2.10 bits per heavy atom. The van der Waals surface area contributed by atoms with Gasteiger partial charge in [0.25, 0.3) is 0 Å². The molecule has 0 aliphatic carbocycles. The van der Waals surface area contributed by atoms with Crippen molar-refractivity contribution < 1.29 is 18.3 Å². The van der Waals surface area contributed by atoms with Gasteiger partial charge in [-0.2, -0.15) is 18.4 Å². The van der Waals surface area contributed by atoms with E-state index in [-0.39, 0.29) is 27.0 Å². The molecule has 0 spiro atoms. The molecule has 3 N–H and O–H groups in total. The quantitative estimate of drug-likeness (QED) is 0.806. The molecule has 0 atom stereocenters. The number of hydrogen-bond donors (Lipinski definition) is 2. The first kappa shape index (κ1) is 16.0. The lowest BCUT2D eigenvalue weighted by Crippen LogP contribution is -2.22. The normalized spacial score (nSPS) is 13.2. The molecule has 0 unspecified atom stereocenters. The number of phenols is 1. The average Bonchev–Trinajstić information content (AvgIpc) is 2.37. The number of nitrogens with zero attached hydrogens (tertiary/aromatic N) is 2. The minimum Gasteiger partial charge on any atom is -0.506 e. The summed E-state index contributed by atoms with van der Waals surface area (Å²) in [6.45, 7) is 0. The number of alkyl halides is 3. The highest BCUT2D eigenvalue weighted by Gasteiger charge is 2.34. The highest BCUT2D eigenvalue weighted by atomic mass is 79.9. The molecular weight excluding hydrogens is 339 g/mol. The van der Waals surface area contributed by atoms with Crippen LogP contribution in [-0.4, -0.2) is 24.0 Å². The van der Waals surface area contributed by atoms with Gasteiger partial charge in [0.05, 0.1) is 16.1 Å². The van der Waals surface area contributed by atoms with Gasteiger partial charge in [0, 0.05) is 18.3 Å². The summed E-state index contributed by atoms with van der Waals surface area (Å²) >= 11 is 2.99. The Balaban J connectivity index is 3.39. The number of nitrogens with two attached hydrogens (primary N) is 1. The zero-order valence-electron chi connectivity index (χ0n) is 10.2. The van der Waals surface area contributed by atoms with E-state index in [2.05, 4.69) is 20.9 Å². The van der Waals surface area contributed by atoms with Crippen LogP contribution in [-0.2, 0) is 0 Å². The van der Waals surface area contributed by atoms with E-state index in [1.165, 1.54) is 12.1 Å². The minimum absolute atomic E-state index is 0.0821. The predicted octanol–water partition coefficient (Wildman–Crippen LogP) is 2.96. The Kier molecular flexibility index (Phi) is 4.78. The van der Waals surface area contributed by atoms with Crippen LogP contribution in [0.4, 0.5) is 13.2 Å². The van der Waals surface area contributed by atoms with E-state index >= 15 is 0 Å². The van der Waals surface area contributed by atoms with Crippen molar-refractivity contribution in [1.82, 2.24) is 0 Å². The standard InChI is InChI=1S/C12H9BrF3N3O/c1-19-10(12(14,15)16)4-9(18)7-2-6(5-17)3-8(13)11(7)20/h2-4,20H,18H2,1H3. The van der Waals surface area contributed by atoms with E-state index in [1.807, 2.05) is 6.07 Å². The second kappa shape index (κ2) is 5.96. The fourth-order valence-electron chi connectivity index (χ4n) is 1.38. The maximum absolute atomic E-state index is 12.6. The summed E-state index contributed by atoms with van der Waals surface area (Å²) in [4.78, 5) is 3.10. The molecule has 0 aliphatic rings. The van der Waals surface area contributed by atoms with Gasteiger partial charge in [-0.15, -0.1) is 0 Å². The number of aromatic hydroxyl groups is 1. The average molecular weight is 348 g/mol. The number of hydrogen-bond acceptors (Lipinski definition) is 4. The lowest BCUT2D eigenvalue weighted by atomic mass is 10.1. The van der Waals surface area contributed by atoms with Gasteiger partial charge in [0.15, 0.2) is 0 Å². The Morgan fingerprint density at radius 3 is 2.55 bits per heavy atom. The molecule has 1 aromatic rings. The Bertz CT molecular complexity index is 630. The van der Waals surface area contributed by atoms with Gasteiger partial charge in [-0.25, -0.2) is 0 Å². The Morgan fingerprint density at radius 1 is 1.50 bits per heavy atom. The highest BCUT2D eigenvalue weighted by Crippen LogP contribution is 2.32. The number of nitriles is 1. The summed E-state index contributed by atoms with van der Waals surface area (Å²) < 4.78 is 37.9. The maximum Gasteiger partial charge on any atom is 0.432 e. The van der Waals surface area contributed by atoms with E-state index in [0.29, 0.717) is 6.08 Å². The van der Waals surface area contributed by atoms with Crippen LogP contribution in [0, 0.1) is 11.3 Å². The van der Waals surface area contributed by atoms with Gasteiger partial charge in [-0.05, 0) is 34.1 Å². The summed E-state index contributed by atoms with van der Waals surface area (Å²) in [6.07, 6.45) is -4.05. The third kappa shape index (κ3) is 3.51. The predicted molar refractivity (Wildman–Crippen MR) is 72.1 cm³/mol. The molecule has 0 heterocycles. The van der Waals surface area contributed by atoms with Crippen molar-refractivity contribution in [3.8, 4) is 11.8 Å². The molecule has 0 bridgehead atoms. The van der Waals surface area contributed by atoms with Crippen LogP contribution in [0.15, 0.2) is 27.7 Å². The third-order valence-electron chi connectivity index (χ3n) is 2.33. The van der Waals surface area contributed by atoms with Crippen molar-refractivity contribution in [3.05, 3.63) is 33.8 Å². The second-order valence-corrected chi connectivity index (χ2v) is 4.53. The zero-order chi connectivity index (χ0) is 15.5. The summed E-state index contributed by atoms with van der Waals surface area (Å²) in [6, 6.07) is 4.33. The molecule has 8 heteroatoms. The smallest absolute Gasteiger partial charge is 0.432 e. The fourth-order valence-corrected chi connectivity index (χ4v) is 1.84. The first-order chi connectivity index (χ1) is 9.20. The molecular formula is C12H9BrF3N3O. The van der Waals surface area contributed by atoms with E-state index in [0.717, 1.165) is 7.05 Å². The molecule has 0 saturated carbocycles. The van der Waals surface area contributed by atoms with Gasteiger partial charge in [0.2, 0.25) is 0 Å². The van der Waals surface area contributed by atoms with Crippen molar-refractivity contribution in [1.29, 1.82) is 5.26 Å². The number of rotatable bonds is 2. The lowest BCUT2D eigenvalue weighted by molar-refractivity contribution is -0.0577. The van der Waals surface area contributed by atoms with E-state index in [9.17, 15) is 18.3 Å². The molecule has 0 amide bonds.